The summed E-state index contributed by atoms with van der Waals surface area (Å²) in [5.74, 6) is -2.07. The number of piperazine rings is 1. The topological polar surface area (TPSA) is 139 Å². The normalized spacial score (nSPS) is 15.0. The number of carbonyl (C=O) groups is 2. The molecule has 0 bridgehead atoms. The predicted octanol–water partition coefficient (Wildman–Crippen LogP) is 1.04. The lowest BCUT2D eigenvalue weighted by Gasteiger charge is -2.32. The van der Waals surface area contributed by atoms with Crippen LogP contribution in [0.15, 0.2) is 27.4 Å². The summed E-state index contributed by atoms with van der Waals surface area (Å²) in [5.41, 5.74) is -0.262. The molecular formula is C23H28N2O9. The summed E-state index contributed by atoms with van der Waals surface area (Å²) >= 11 is 0. The van der Waals surface area contributed by atoms with Gasteiger partial charge in [0.05, 0.1) is 40.2 Å². The lowest BCUT2D eigenvalue weighted by atomic mass is 9.91. The number of ether oxygens (including phenoxy) is 3. The van der Waals surface area contributed by atoms with Crippen molar-refractivity contribution in [2.45, 2.75) is 18.9 Å². The molecule has 11 nitrogen and oxygen atoms in total. The second-order valence-corrected chi connectivity index (χ2v) is 7.81. The smallest absolute Gasteiger partial charge is 0.306 e. The van der Waals surface area contributed by atoms with Gasteiger partial charge in [0.2, 0.25) is 23.3 Å². The molecule has 0 spiro atoms. The Hall–Kier alpha value is -3.73. The summed E-state index contributed by atoms with van der Waals surface area (Å²) in [6.07, 6.45) is 0.541. The Morgan fingerprint density at radius 1 is 1.06 bits per heavy atom. The quantitative estimate of drug-likeness (QED) is 0.399. The Bertz CT molecular complexity index is 1070. The highest BCUT2D eigenvalue weighted by molar-refractivity contribution is 5.71. The van der Waals surface area contributed by atoms with Gasteiger partial charge in [0.25, 0.3) is 0 Å². The fourth-order valence-electron chi connectivity index (χ4n) is 3.84. The summed E-state index contributed by atoms with van der Waals surface area (Å²) < 4.78 is 21.2. The van der Waals surface area contributed by atoms with Crippen molar-refractivity contribution < 1.29 is 38.4 Å². The van der Waals surface area contributed by atoms with Gasteiger partial charge >= 0.3 is 5.97 Å². The first kappa shape index (κ1) is 24.9. The van der Waals surface area contributed by atoms with Gasteiger partial charge in [-0.05, 0) is 17.7 Å². The van der Waals surface area contributed by atoms with E-state index in [9.17, 15) is 24.6 Å². The van der Waals surface area contributed by atoms with E-state index in [0.717, 1.165) is 6.41 Å². The van der Waals surface area contributed by atoms with Gasteiger partial charge in [-0.15, -0.1) is 0 Å². The molecule has 1 atom stereocenters. The molecule has 1 unspecified atom stereocenters. The van der Waals surface area contributed by atoms with Crippen molar-refractivity contribution >= 4 is 12.4 Å². The van der Waals surface area contributed by atoms with Crippen LogP contribution in [0.3, 0.4) is 0 Å². The minimum Gasteiger partial charge on any atom is -0.502 e. The van der Waals surface area contributed by atoms with Crippen molar-refractivity contribution in [2.24, 2.45) is 0 Å². The molecular weight excluding hydrogens is 448 g/mol. The summed E-state index contributed by atoms with van der Waals surface area (Å²) in [6, 6.07) is 4.14. The molecule has 2 heterocycles. The van der Waals surface area contributed by atoms with Gasteiger partial charge in [0, 0.05) is 32.2 Å². The molecule has 1 saturated heterocycles. The zero-order chi connectivity index (χ0) is 24.8. The van der Waals surface area contributed by atoms with Gasteiger partial charge in [-0.3, -0.25) is 19.3 Å². The first-order chi connectivity index (χ1) is 16.3. The molecule has 3 rings (SSSR count). The molecule has 1 amide bonds. The lowest BCUT2D eigenvalue weighted by molar-refractivity contribution is -0.141. The number of aromatic hydroxyl groups is 2. The Labute approximate surface area is 196 Å². The van der Waals surface area contributed by atoms with Crippen LogP contribution < -0.4 is 14.9 Å². The third-order valence-electron chi connectivity index (χ3n) is 5.75. The average Bonchev–Trinajstić information content (AvgIpc) is 2.85. The molecule has 2 N–H and O–H groups in total. The highest BCUT2D eigenvalue weighted by atomic mass is 16.5. The number of hydrogen-bond donors (Lipinski definition) is 2. The number of amides is 1. The first-order valence-corrected chi connectivity index (χ1v) is 10.6. The van der Waals surface area contributed by atoms with Crippen molar-refractivity contribution in [2.75, 3.05) is 47.5 Å². The lowest BCUT2D eigenvalue weighted by Crippen LogP contribution is -2.45. The van der Waals surface area contributed by atoms with Crippen LogP contribution in [0.5, 0.6) is 23.0 Å². The Morgan fingerprint density at radius 2 is 1.68 bits per heavy atom. The van der Waals surface area contributed by atoms with Gasteiger partial charge in [-0.25, -0.2) is 0 Å². The van der Waals surface area contributed by atoms with Gasteiger partial charge in [0.15, 0.2) is 17.3 Å². The van der Waals surface area contributed by atoms with Crippen LogP contribution in [0.25, 0.3) is 0 Å². The number of phenolic OH excluding ortho intramolecular Hbond substituents is 1. The molecule has 1 aliphatic rings. The van der Waals surface area contributed by atoms with Gasteiger partial charge in [-0.1, -0.05) is 0 Å². The zero-order valence-electron chi connectivity index (χ0n) is 19.3. The molecule has 1 aliphatic heterocycles. The van der Waals surface area contributed by atoms with Gasteiger partial charge in [0.1, 0.15) is 5.76 Å². The largest absolute Gasteiger partial charge is 0.502 e. The number of benzene rings is 1. The van der Waals surface area contributed by atoms with Crippen LogP contribution in [0, 0.1) is 0 Å². The van der Waals surface area contributed by atoms with E-state index in [4.69, 9.17) is 18.6 Å². The Kier molecular flexibility index (Phi) is 8.00. The number of rotatable bonds is 9. The van der Waals surface area contributed by atoms with E-state index in [1.807, 2.05) is 4.90 Å². The van der Waals surface area contributed by atoms with Crippen molar-refractivity contribution in [1.82, 2.24) is 9.80 Å². The van der Waals surface area contributed by atoms with Crippen LogP contribution in [0.1, 0.15) is 29.4 Å². The third-order valence-corrected chi connectivity index (χ3v) is 5.75. The van der Waals surface area contributed by atoms with Crippen molar-refractivity contribution in [3.63, 3.8) is 0 Å². The molecule has 2 aromatic rings. The predicted molar refractivity (Wildman–Crippen MR) is 119 cm³/mol. The van der Waals surface area contributed by atoms with Crippen LogP contribution in [0.4, 0.5) is 0 Å². The monoisotopic (exact) mass is 476 g/mol. The van der Waals surface area contributed by atoms with Crippen molar-refractivity contribution in [3.8, 4) is 23.0 Å². The minimum absolute atomic E-state index is 0.0789. The maximum Gasteiger partial charge on any atom is 0.306 e. The van der Waals surface area contributed by atoms with E-state index in [2.05, 4.69) is 0 Å². The van der Waals surface area contributed by atoms with Crippen LogP contribution in [0.2, 0.25) is 0 Å². The van der Waals surface area contributed by atoms with Crippen LogP contribution in [-0.4, -0.2) is 79.9 Å². The zero-order valence-corrected chi connectivity index (χ0v) is 19.3. The summed E-state index contributed by atoms with van der Waals surface area (Å²) in [4.78, 5) is 39.4. The Balaban J connectivity index is 2.04. The molecule has 1 fully saturated rings. The molecule has 0 saturated carbocycles. The van der Waals surface area contributed by atoms with E-state index >= 15 is 0 Å². The summed E-state index contributed by atoms with van der Waals surface area (Å²) in [6.45, 7) is 2.57. The van der Waals surface area contributed by atoms with E-state index in [-0.39, 0.29) is 36.0 Å². The highest BCUT2D eigenvalue weighted by Gasteiger charge is 2.29. The minimum atomic E-state index is -0.935. The average molecular weight is 476 g/mol. The summed E-state index contributed by atoms with van der Waals surface area (Å²) in [7, 11) is 3.94. The fraction of sp³-hybridized carbons (Fsp3) is 0.435. The number of phenols is 1. The van der Waals surface area contributed by atoms with Gasteiger partial charge < -0.3 is 33.7 Å². The molecule has 1 aromatic heterocycles. The number of methoxy groups -OCH3 is 3. The maximum absolute atomic E-state index is 12.6. The number of hydrogen-bond acceptors (Lipinski definition) is 10. The van der Waals surface area contributed by atoms with E-state index < -0.39 is 23.1 Å². The summed E-state index contributed by atoms with van der Waals surface area (Å²) in [5, 5.41) is 20.9. The molecule has 184 valence electrons. The first-order valence-electron chi connectivity index (χ1n) is 10.6. The molecule has 1 aromatic carbocycles. The second kappa shape index (κ2) is 10.9. The van der Waals surface area contributed by atoms with Gasteiger partial charge in [-0.2, -0.15) is 0 Å². The third kappa shape index (κ3) is 5.42. The van der Waals surface area contributed by atoms with Crippen molar-refractivity contribution in [1.29, 1.82) is 0 Å². The molecule has 0 aliphatic carbocycles. The SMILES string of the molecule is COC(=O)CC(c1cc(OC)c(O)c(OC)c1)c1oc(CN2CCN(C=O)CC2)cc(=O)c1O. The van der Waals surface area contributed by atoms with Crippen LogP contribution >= 0.6 is 0 Å². The maximum atomic E-state index is 12.6. The number of carbonyl (C=O) groups excluding carboxylic acids is 2. The Morgan fingerprint density at radius 3 is 2.21 bits per heavy atom. The number of nitrogens with zero attached hydrogens (tertiary/aromatic N) is 2. The van der Waals surface area contributed by atoms with E-state index in [1.54, 1.807) is 4.90 Å². The molecule has 11 heteroatoms. The van der Waals surface area contributed by atoms with E-state index in [1.165, 1.54) is 39.5 Å². The molecule has 0 radical (unpaired) electrons. The second-order valence-electron chi connectivity index (χ2n) is 7.81. The number of esters is 1. The van der Waals surface area contributed by atoms with Crippen LogP contribution in [-0.2, 0) is 20.9 Å². The standard InChI is InChI=1S/C23H28N2O9/c1-31-18-8-14(9-19(32-2)22(18)30)16(11-20(28)33-3)23-21(29)17(27)10-15(34-23)12-24-4-6-25(13-26)7-5-24/h8-10,13,16,29-30H,4-7,11-12H2,1-3H3. The van der Waals surface area contributed by atoms with E-state index in [0.29, 0.717) is 37.5 Å². The fourth-order valence-corrected chi connectivity index (χ4v) is 3.84. The molecule has 34 heavy (non-hydrogen) atoms. The van der Waals surface area contributed by atoms with Crippen molar-refractivity contribution in [3.05, 3.63) is 45.5 Å². The highest BCUT2D eigenvalue weighted by Crippen LogP contribution is 2.42.